The van der Waals surface area contributed by atoms with Gasteiger partial charge in [-0.1, -0.05) is 34.8 Å². The first-order chi connectivity index (χ1) is 12.6. The summed E-state index contributed by atoms with van der Waals surface area (Å²) in [5, 5.41) is 2.79. The second kappa shape index (κ2) is 7.46. The summed E-state index contributed by atoms with van der Waals surface area (Å²) in [6.45, 7) is 0. The minimum atomic E-state index is -4.61. The molecule has 0 spiro atoms. The van der Waals surface area contributed by atoms with Crippen molar-refractivity contribution in [2.45, 2.75) is 6.18 Å². The first kappa shape index (κ1) is 19.6. The van der Waals surface area contributed by atoms with Crippen molar-refractivity contribution in [2.75, 3.05) is 5.32 Å². The van der Waals surface area contributed by atoms with Crippen LogP contribution in [0.15, 0.2) is 52.9 Å². The lowest BCUT2D eigenvalue weighted by molar-refractivity contribution is -0.137. The molecule has 0 atom stereocenters. The van der Waals surface area contributed by atoms with E-state index in [0.717, 1.165) is 12.1 Å². The standard InChI is InChI=1S/C18H9Cl3F3NO2/c19-10-6-11(20)8-12(7-10)25-17(26)16-4-3-15(27-16)9-1-2-14(21)13(5-9)18(22,23)24/h1-8H,(H,25,26). The number of rotatable bonds is 3. The summed E-state index contributed by atoms with van der Waals surface area (Å²) in [4.78, 5) is 12.3. The fourth-order valence-electron chi connectivity index (χ4n) is 2.33. The first-order valence-electron chi connectivity index (χ1n) is 7.38. The van der Waals surface area contributed by atoms with Gasteiger partial charge < -0.3 is 9.73 Å². The SMILES string of the molecule is O=C(Nc1cc(Cl)cc(Cl)c1)c1ccc(-c2ccc(Cl)c(C(F)(F)F)c2)o1. The third-order valence-electron chi connectivity index (χ3n) is 3.51. The molecule has 0 unspecified atom stereocenters. The third-order valence-corrected chi connectivity index (χ3v) is 4.27. The molecule has 27 heavy (non-hydrogen) atoms. The molecule has 1 amide bonds. The number of halogens is 6. The van der Waals surface area contributed by atoms with E-state index in [9.17, 15) is 18.0 Å². The molecule has 9 heteroatoms. The van der Waals surface area contributed by atoms with Gasteiger partial charge in [-0.3, -0.25) is 4.79 Å². The third kappa shape index (κ3) is 4.58. The van der Waals surface area contributed by atoms with E-state index in [1.54, 1.807) is 0 Å². The Balaban J connectivity index is 1.85. The number of carbonyl (C=O) groups excluding carboxylic acids is 1. The fourth-order valence-corrected chi connectivity index (χ4v) is 3.08. The summed E-state index contributed by atoms with van der Waals surface area (Å²) in [7, 11) is 0. The molecule has 2 aromatic carbocycles. The molecule has 0 saturated heterocycles. The normalized spacial score (nSPS) is 11.5. The molecule has 0 bridgehead atoms. The van der Waals surface area contributed by atoms with Gasteiger partial charge in [-0.25, -0.2) is 0 Å². The van der Waals surface area contributed by atoms with Crippen LogP contribution in [0.3, 0.4) is 0 Å². The molecule has 0 aliphatic carbocycles. The summed E-state index contributed by atoms with van der Waals surface area (Å²) in [5.41, 5.74) is -0.504. The van der Waals surface area contributed by atoms with Gasteiger partial charge >= 0.3 is 6.18 Å². The average molecular weight is 435 g/mol. The van der Waals surface area contributed by atoms with E-state index in [1.165, 1.54) is 36.4 Å². The van der Waals surface area contributed by atoms with Crippen LogP contribution in [-0.2, 0) is 6.18 Å². The number of carbonyl (C=O) groups is 1. The van der Waals surface area contributed by atoms with Gasteiger partial charge in [0.2, 0.25) is 0 Å². The van der Waals surface area contributed by atoms with Crippen LogP contribution in [0.4, 0.5) is 18.9 Å². The van der Waals surface area contributed by atoms with Gasteiger partial charge in [-0.05, 0) is 48.5 Å². The summed E-state index contributed by atoms with van der Waals surface area (Å²) in [5.74, 6) is -0.611. The Kier molecular flexibility index (Phi) is 5.42. The van der Waals surface area contributed by atoms with E-state index in [1.807, 2.05) is 0 Å². The number of hydrogen-bond donors (Lipinski definition) is 1. The van der Waals surface area contributed by atoms with Crippen molar-refractivity contribution in [1.29, 1.82) is 0 Å². The van der Waals surface area contributed by atoms with Crippen LogP contribution in [0.25, 0.3) is 11.3 Å². The molecule has 1 heterocycles. The topological polar surface area (TPSA) is 42.2 Å². The summed E-state index contributed by atoms with van der Waals surface area (Å²) < 4.78 is 44.3. The minimum Gasteiger partial charge on any atom is -0.451 e. The number of benzene rings is 2. The first-order valence-corrected chi connectivity index (χ1v) is 8.51. The molecule has 0 radical (unpaired) electrons. The summed E-state index contributed by atoms with van der Waals surface area (Å²) in [6, 6.07) is 10.6. The van der Waals surface area contributed by atoms with Crippen LogP contribution < -0.4 is 5.32 Å². The molecule has 0 fully saturated rings. The number of furan rings is 1. The van der Waals surface area contributed by atoms with Crippen molar-refractivity contribution in [2.24, 2.45) is 0 Å². The van der Waals surface area contributed by atoms with Crippen LogP contribution >= 0.6 is 34.8 Å². The van der Waals surface area contributed by atoms with Crippen molar-refractivity contribution < 1.29 is 22.4 Å². The second-order valence-electron chi connectivity index (χ2n) is 5.47. The van der Waals surface area contributed by atoms with E-state index in [2.05, 4.69) is 5.32 Å². The monoisotopic (exact) mass is 433 g/mol. The van der Waals surface area contributed by atoms with Crippen LogP contribution in [0, 0.1) is 0 Å². The molecule has 0 aliphatic rings. The van der Waals surface area contributed by atoms with Gasteiger partial charge in [-0.2, -0.15) is 13.2 Å². The smallest absolute Gasteiger partial charge is 0.417 e. The highest BCUT2D eigenvalue weighted by atomic mass is 35.5. The maximum Gasteiger partial charge on any atom is 0.417 e. The van der Waals surface area contributed by atoms with Crippen molar-refractivity contribution in [3.8, 4) is 11.3 Å². The van der Waals surface area contributed by atoms with E-state index in [0.29, 0.717) is 15.7 Å². The molecule has 1 N–H and O–H groups in total. The molecule has 140 valence electrons. The van der Waals surface area contributed by atoms with Crippen molar-refractivity contribution in [3.63, 3.8) is 0 Å². The van der Waals surface area contributed by atoms with E-state index >= 15 is 0 Å². The number of alkyl halides is 3. The second-order valence-corrected chi connectivity index (χ2v) is 6.75. The highest BCUT2D eigenvalue weighted by molar-refractivity contribution is 6.35. The molecule has 3 nitrogen and oxygen atoms in total. The Morgan fingerprint density at radius 2 is 1.59 bits per heavy atom. The lowest BCUT2D eigenvalue weighted by Gasteiger charge is -2.10. The summed E-state index contributed by atoms with van der Waals surface area (Å²) >= 11 is 17.3. The van der Waals surface area contributed by atoms with E-state index in [-0.39, 0.29) is 17.1 Å². The van der Waals surface area contributed by atoms with E-state index < -0.39 is 22.7 Å². The molecule has 1 aromatic heterocycles. The van der Waals surface area contributed by atoms with Crippen molar-refractivity contribution in [1.82, 2.24) is 0 Å². The highest BCUT2D eigenvalue weighted by Gasteiger charge is 2.33. The van der Waals surface area contributed by atoms with Gasteiger partial charge in [-0.15, -0.1) is 0 Å². The van der Waals surface area contributed by atoms with Gasteiger partial charge in [0.05, 0.1) is 10.6 Å². The Labute approximate surface area is 166 Å². The van der Waals surface area contributed by atoms with Crippen molar-refractivity contribution in [3.05, 3.63) is 74.9 Å². The molecule has 3 aromatic rings. The lowest BCUT2D eigenvalue weighted by atomic mass is 10.1. The largest absolute Gasteiger partial charge is 0.451 e. The average Bonchev–Trinajstić information content (AvgIpc) is 3.03. The van der Waals surface area contributed by atoms with Gasteiger partial charge in [0, 0.05) is 21.3 Å². The number of anilines is 1. The van der Waals surface area contributed by atoms with Crippen LogP contribution in [0.5, 0.6) is 0 Å². The van der Waals surface area contributed by atoms with Crippen molar-refractivity contribution >= 4 is 46.4 Å². The Morgan fingerprint density at radius 1 is 0.926 bits per heavy atom. The lowest BCUT2D eigenvalue weighted by Crippen LogP contribution is -2.10. The van der Waals surface area contributed by atoms with Gasteiger partial charge in [0.15, 0.2) is 5.76 Å². The predicted octanol–water partition coefficient (Wildman–Crippen LogP) is 7.18. The van der Waals surface area contributed by atoms with Gasteiger partial charge in [0.25, 0.3) is 5.91 Å². The van der Waals surface area contributed by atoms with Crippen LogP contribution in [-0.4, -0.2) is 5.91 Å². The zero-order valence-electron chi connectivity index (χ0n) is 13.2. The molecule has 0 aliphatic heterocycles. The molecule has 0 saturated carbocycles. The maximum absolute atomic E-state index is 13.0. The Bertz CT molecular complexity index is 995. The van der Waals surface area contributed by atoms with Crippen LogP contribution in [0.1, 0.15) is 16.1 Å². The fraction of sp³-hybridized carbons (Fsp3) is 0.0556. The van der Waals surface area contributed by atoms with E-state index in [4.69, 9.17) is 39.2 Å². The number of hydrogen-bond acceptors (Lipinski definition) is 2. The Morgan fingerprint density at radius 3 is 2.22 bits per heavy atom. The zero-order chi connectivity index (χ0) is 19.8. The highest BCUT2D eigenvalue weighted by Crippen LogP contribution is 2.37. The number of amides is 1. The van der Waals surface area contributed by atoms with Gasteiger partial charge in [0.1, 0.15) is 5.76 Å². The predicted molar refractivity (Wildman–Crippen MR) is 98.6 cm³/mol. The zero-order valence-corrected chi connectivity index (χ0v) is 15.5. The maximum atomic E-state index is 13.0. The Hall–Kier alpha value is -2.15. The minimum absolute atomic E-state index is 0.0893. The number of nitrogens with one attached hydrogen (secondary N) is 1. The molecular weight excluding hydrogens is 426 g/mol. The quantitative estimate of drug-likeness (QED) is 0.474. The molecular formula is C18H9Cl3F3NO2. The summed E-state index contributed by atoms with van der Waals surface area (Å²) in [6.07, 6.45) is -4.61. The van der Waals surface area contributed by atoms with Crippen LogP contribution in [0.2, 0.25) is 15.1 Å². The molecule has 3 rings (SSSR count).